The van der Waals surface area contributed by atoms with E-state index in [1.54, 1.807) is 6.08 Å². The third kappa shape index (κ3) is 1.19. The quantitative estimate of drug-likeness (QED) is 0.488. The molecule has 1 aliphatic rings. The Morgan fingerprint density at radius 3 is 3.00 bits per heavy atom. The number of esters is 1. The minimum Gasteiger partial charge on any atom is -0.465 e. The average Bonchev–Trinajstić information content (AvgIpc) is 2.37. The van der Waals surface area contributed by atoms with Gasteiger partial charge in [-0.05, 0) is 6.42 Å². The fourth-order valence-corrected chi connectivity index (χ4v) is 0.727. The van der Waals surface area contributed by atoms with Gasteiger partial charge in [0.25, 0.3) is 0 Å². The topological polar surface area (TPSA) is 26.3 Å². The third-order valence-corrected chi connectivity index (χ3v) is 1.19. The number of rotatable bonds is 1. The van der Waals surface area contributed by atoms with E-state index in [4.69, 9.17) is 0 Å². The number of ether oxygens (including phenoxy) is 1. The summed E-state index contributed by atoms with van der Waals surface area (Å²) in [6, 6.07) is 0. The van der Waals surface area contributed by atoms with Crippen molar-refractivity contribution >= 4 is 5.97 Å². The third-order valence-electron chi connectivity index (χ3n) is 1.19. The van der Waals surface area contributed by atoms with Gasteiger partial charge >= 0.3 is 5.97 Å². The first kappa shape index (κ1) is 6.08. The van der Waals surface area contributed by atoms with Gasteiger partial charge in [-0.3, -0.25) is 0 Å². The lowest BCUT2D eigenvalue weighted by Crippen LogP contribution is -2.00. The van der Waals surface area contributed by atoms with Crippen LogP contribution in [0.4, 0.5) is 0 Å². The van der Waals surface area contributed by atoms with Crippen LogP contribution in [0, 0.1) is 0 Å². The maximum Gasteiger partial charge on any atom is 0.337 e. The van der Waals surface area contributed by atoms with Gasteiger partial charge in [-0.1, -0.05) is 18.2 Å². The van der Waals surface area contributed by atoms with E-state index in [0.717, 1.165) is 6.42 Å². The summed E-state index contributed by atoms with van der Waals surface area (Å²) in [6.45, 7) is 0. The van der Waals surface area contributed by atoms with Crippen molar-refractivity contribution < 1.29 is 9.53 Å². The maximum absolute atomic E-state index is 10.7. The van der Waals surface area contributed by atoms with Crippen LogP contribution in [0.15, 0.2) is 23.8 Å². The molecule has 0 radical (unpaired) electrons. The fraction of sp³-hybridized carbons (Fsp3) is 0.286. The zero-order chi connectivity index (χ0) is 6.69. The molecule has 0 aromatic carbocycles. The number of methoxy groups -OCH3 is 1. The van der Waals surface area contributed by atoms with Gasteiger partial charge in [0.2, 0.25) is 0 Å². The molecule has 0 fully saturated rings. The highest BCUT2D eigenvalue weighted by molar-refractivity contribution is 5.92. The van der Waals surface area contributed by atoms with E-state index in [1.807, 2.05) is 12.2 Å². The summed E-state index contributed by atoms with van der Waals surface area (Å²) in [5, 5.41) is 0. The Kier molecular flexibility index (Phi) is 1.68. The van der Waals surface area contributed by atoms with E-state index < -0.39 is 0 Å². The summed E-state index contributed by atoms with van der Waals surface area (Å²) in [5.41, 5.74) is 0.664. The first-order valence-electron chi connectivity index (χ1n) is 2.79. The molecule has 0 aliphatic heterocycles. The normalized spacial score (nSPS) is 15.4. The summed E-state index contributed by atoms with van der Waals surface area (Å²) < 4.78 is 4.48. The summed E-state index contributed by atoms with van der Waals surface area (Å²) >= 11 is 0. The minimum absolute atomic E-state index is 0.247. The molecule has 0 unspecified atom stereocenters. The van der Waals surface area contributed by atoms with Gasteiger partial charge in [0.05, 0.1) is 12.7 Å². The highest BCUT2D eigenvalue weighted by atomic mass is 16.5. The molecule has 48 valence electrons. The predicted molar refractivity (Wildman–Crippen MR) is 33.9 cm³/mol. The minimum atomic E-state index is -0.247. The molecule has 0 saturated heterocycles. The van der Waals surface area contributed by atoms with E-state index in [1.165, 1.54) is 7.11 Å². The first-order valence-corrected chi connectivity index (χ1v) is 2.79. The monoisotopic (exact) mass is 124 g/mol. The predicted octanol–water partition coefficient (Wildman–Crippen LogP) is 1.05. The van der Waals surface area contributed by atoms with Gasteiger partial charge in [0.1, 0.15) is 0 Å². The van der Waals surface area contributed by atoms with Gasteiger partial charge in [0, 0.05) is 0 Å². The van der Waals surface area contributed by atoms with Crippen LogP contribution in [-0.4, -0.2) is 13.1 Å². The molecule has 0 saturated carbocycles. The highest BCUT2D eigenvalue weighted by Crippen LogP contribution is 2.09. The van der Waals surface area contributed by atoms with Crippen molar-refractivity contribution in [1.29, 1.82) is 0 Å². The molecule has 1 aliphatic carbocycles. The Labute approximate surface area is 53.8 Å². The molecule has 0 aromatic rings. The van der Waals surface area contributed by atoms with Crippen molar-refractivity contribution in [1.82, 2.24) is 0 Å². The zero-order valence-corrected chi connectivity index (χ0v) is 5.26. The molecule has 1 rings (SSSR count). The van der Waals surface area contributed by atoms with Gasteiger partial charge in [-0.15, -0.1) is 0 Å². The largest absolute Gasteiger partial charge is 0.465 e. The Morgan fingerprint density at radius 2 is 2.56 bits per heavy atom. The summed E-state index contributed by atoms with van der Waals surface area (Å²) in [4.78, 5) is 10.7. The van der Waals surface area contributed by atoms with Crippen LogP contribution in [0.2, 0.25) is 0 Å². The van der Waals surface area contributed by atoms with Crippen molar-refractivity contribution in [3.05, 3.63) is 23.8 Å². The van der Waals surface area contributed by atoms with Gasteiger partial charge in [-0.25, -0.2) is 4.79 Å². The molecule has 9 heavy (non-hydrogen) atoms. The zero-order valence-electron chi connectivity index (χ0n) is 5.26. The van der Waals surface area contributed by atoms with Crippen molar-refractivity contribution in [2.24, 2.45) is 0 Å². The molecular formula is C7H8O2. The SMILES string of the molecule is COC(=O)C1=CCC=C1. The van der Waals surface area contributed by atoms with Crippen LogP contribution in [-0.2, 0) is 9.53 Å². The molecule has 0 heterocycles. The molecule has 0 atom stereocenters. The Balaban J connectivity index is 2.62. The van der Waals surface area contributed by atoms with Crippen LogP contribution in [0.5, 0.6) is 0 Å². The van der Waals surface area contributed by atoms with Gasteiger partial charge in [-0.2, -0.15) is 0 Å². The smallest absolute Gasteiger partial charge is 0.337 e. The number of carbonyl (C=O) groups is 1. The van der Waals surface area contributed by atoms with Crippen molar-refractivity contribution in [2.75, 3.05) is 7.11 Å². The number of hydrogen-bond donors (Lipinski definition) is 0. The van der Waals surface area contributed by atoms with E-state index in [2.05, 4.69) is 4.74 Å². The number of hydrogen-bond acceptors (Lipinski definition) is 2. The average molecular weight is 124 g/mol. The van der Waals surface area contributed by atoms with E-state index in [-0.39, 0.29) is 5.97 Å². The van der Waals surface area contributed by atoms with E-state index in [9.17, 15) is 4.79 Å². The summed E-state index contributed by atoms with van der Waals surface area (Å²) in [5.74, 6) is -0.247. The Hall–Kier alpha value is -1.05. The van der Waals surface area contributed by atoms with E-state index in [0.29, 0.717) is 5.57 Å². The molecular weight excluding hydrogens is 116 g/mol. The lowest BCUT2D eigenvalue weighted by atomic mass is 10.3. The number of allylic oxidation sites excluding steroid dienone is 2. The van der Waals surface area contributed by atoms with E-state index >= 15 is 0 Å². The molecule has 2 nitrogen and oxygen atoms in total. The van der Waals surface area contributed by atoms with Crippen LogP contribution in [0.25, 0.3) is 0 Å². The summed E-state index contributed by atoms with van der Waals surface area (Å²) in [7, 11) is 1.38. The molecule has 0 N–H and O–H groups in total. The maximum atomic E-state index is 10.7. The van der Waals surface area contributed by atoms with Gasteiger partial charge < -0.3 is 4.74 Å². The van der Waals surface area contributed by atoms with Crippen LogP contribution in [0.1, 0.15) is 6.42 Å². The lowest BCUT2D eigenvalue weighted by molar-refractivity contribution is -0.135. The second kappa shape index (κ2) is 2.49. The lowest BCUT2D eigenvalue weighted by Gasteiger charge is -1.93. The molecule has 0 amide bonds. The van der Waals surface area contributed by atoms with Crippen molar-refractivity contribution in [3.8, 4) is 0 Å². The standard InChI is InChI=1S/C7H8O2/c1-9-7(8)6-4-2-3-5-6/h2,4-5H,3H2,1H3. The first-order chi connectivity index (χ1) is 4.34. The number of carbonyl (C=O) groups excluding carboxylic acids is 1. The molecule has 0 aromatic heterocycles. The fourth-order valence-electron chi connectivity index (χ4n) is 0.727. The van der Waals surface area contributed by atoms with Gasteiger partial charge in [0.15, 0.2) is 0 Å². The second-order valence-corrected chi connectivity index (χ2v) is 1.79. The second-order valence-electron chi connectivity index (χ2n) is 1.79. The van der Waals surface area contributed by atoms with Crippen LogP contribution >= 0.6 is 0 Å². The molecule has 0 bridgehead atoms. The Bertz CT molecular complexity index is 177. The Morgan fingerprint density at radius 1 is 1.78 bits per heavy atom. The molecule has 2 heteroatoms. The summed E-state index contributed by atoms with van der Waals surface area (Å²) in [6.07, 6.45) is 6.38. The van der Waals surface area contributed by atoms with Crippen molar-refractivity contribution in [2.45, 2.75) is 6.42 Å². The molecule has 0 spiro atoms. The van der Waals surface area contributed by atoms with Crippen LogP contribution < -0.4 is 0 Å². The van der Waals surface area contributed by atoms with Crippen LogP contribution in [0.3, 0.4) is 0 Å². The highest BCUT2D eigenvalue weighted by Gasteiger charge is 2.06. The van der Waals surface area contributed by atoms with Crippen molar-refractivity contribution in [3.63, 3.8) is 0 Å².